The van der Waals surface area contributed by atoms with Gasteiger partial charge in [-0.05, 0) is 37.3 Å². The Hall–Kier alpha value is -3.68. The average molecular weight is 384 g/mol. The first-order chi connectivity index (χ1) is 13.5. The number of nitrogens with one attached hydrogen (secondary N) is 2. The molecule has 0 fully saturated rings. The first-order valence-electron chi connectivity index (χ1n) is 8.54. The van der Waals surface area contributed by atoms with Crippen LogP contribution in [0.3, 0.4) is 0 Å². The Balaban J connectivity index is 1.80. The Labute approximate surface area is 161 Å². The number of anilines is 1. The molecule has 0 heterocycles. The topological polar surface area (TPSA) is 111 Å². The number of para-hydroxylation sites is 1. The molecule has 0 unspecified atom stereocenters. The molecule has 0 aliphatic heterocycles. The molecule has 2 amide bonds. The quantitative estimate of drug-likeness (QED) is 0.504. The standard InChI is InChI=1S/C20H20N2O6/c1-2-21-20(26)14-7-5-8-16(10-14)22-18(24)12-28-19(25)13-27-17-9-4-3-6-15(17)11-23/h3-11H,2,12-13H2,1H3,(H,21,26)(H,22,24). The van der Waals surface area contributed by atoms with Gasteiger partial charge in [-0.15, -0.1) is 0 Å². The minimum Gasteiger partial charge on any atom is -0.481 e. The summed E-state index contributed by atoms with van der Waals surface area (Å²) in [5.41, 5.74) is 1.11. The summed E-state index contributed by atoms with van der Waals surface area (Å²) in [5.74, 6) is -1.32. The number of rotatable bonds is 9. The van der Waals surface area contributed by atoms with Crippen LogP contribution in [0.25, 0.3) is 0 Å². The largest absolute Gasteiger partial charge is 0.481 e. The lowest BCUT2D eigenvalue weighted by Gasteiger charge is -2.09. The van der Waals surface area contributed by atoms with Gasteiger partial charge < -0.3 is 20.1 Å². The van der Waals surface area contributed by atoms with E-state index in [1.54, 1.807) is 49.4 Å². The van der Waals surface area contributed by atoms with E-state index in [9.17, 15) is 19.2 Å². The summed E-state index contributed by atoms with van der Waals surface area (Å²) in [6.07, 6.45) is 0.614. The van der Waals surface area contributed by atoms with Crippen molar-refractivity contribution >= 4 is 29.8 Å². The van der Waals surface area contributed by atoms with Crippen molar-refractivity contribution in [2.75, 3.05) is 25.1 Å². The van der Waals surface area contributed by atoms with E-state index < -0.39 is 25.1 Å². The first-order valence-corrected chi connectivity index (χ1v) is 8.54. The van der Waals surface area contributed by atoms with Crippen molar-refractivity contribution in [3.05, 3.63) is 59.7 Å². The van der Waals surface area contributed by atoms with Crippen molar-refractivity contribution in [3.63, 3.8) is 0 Å². The lowest BCUT2D eigenvalue weighted by molar-refractivity contribution is -0.149. The van der Waals surface area contributed by atoms with Crippen molar-refractivity contribution in [1.82, 2.24) is 5.32 Å². The van der Waals surface area contributed by atoms with Gasteiger partial charge in [0.05, 0.1) is 5.56 Å². The maximum atomic E-state index is 11.9. The van der Waals surface area contributed by atoms with E-state index in [2.05, 4.69) is 10.6 Å². The summed E-state index contributed by atoms with van der Waals surface area (Å²) in [7, 11) is 0. The predicted octanol–water partition coefficient (Wildman–Crippen LogP) is 1.81. The number of carbonyl (C=O) groups is 4. The molecular formula is C20H20N2O6. The number of hydrogen-bond donors (Lipinski definition) is 2. The highest BCUT2D eigenvalue weighted by atomic mass is 16.6. The molecule has 0 aromatic heterocycles. The van der Waals surface area contributed by atoms with Gasteiger partial charge >= 0.3 is 5.97 Å². The minimum atomic E-state index is -0.757. The SMILES string of the molecule is CCNC(=O)c1cccc(NC(=O)COC(=O)COc2ccccc2C=O)c1. The molecule has 8 heteroatoms. The predicted molar refractivity (Wildman–Crippen MR) is 101 cm³/mol. The Kier molecular flexibility index (Phi) is 7.71. The van der Waals surface area contributed by atoms with Crippen LogP contribution in [-0.2, 0) is 14.3 Å². The summed E-state index contributed by atoms with van der Waals surface area (Å²) in [6, 6.07) is 12.8. The smallest absolute Gasteiger partial charge is 0.344 e. The lowest BCUT2D eigenvalue weighted by atomic mass is 10.2. The van der Waals surface area contributed by atoms with Crippen molar-refractivity contribution in [1.29, 1.82) is 0 Å². The monoisotopic (exact) mass is 384 g/mol. The Morgan fingerprint density at radius 1 is 1.04 bits per heavy atom. The zero-order chi connectivity index (χ0) is 20.4. The molecule has 0 bridgehead atoms. The number of carbonyl (C=O) groups excluding carboxylic acids is 4. The third-order valence-corrected chi connectivity index (χ3v) is 3.50. The molecule has 0 saturated carbocycles. The van der Waals surface area contributed by atoms with Crippen molar-refractivity contribution in [2.45, 2.75) is 6.92 Å². The highest BCUT2D eigenvalue weighted by Gasteiger charge is 2.11. The normalized spacial score (nSPS) is 9.89. The maximum Gasteiger partial charge on any atom is 0.344 e. The summed E-state index contributed by atoms with van der Waals surface area (Å²) in [6.45, 7) is 1.34. The highest BCUT2D eigenvalue weighted by Crippen LogP contribution is 2.15. The van der Waals surface area contributed by atoms with Gasteiger partial charge in [0.1, 0.15) is 5.75 Å². The summed E-state index contributed by atoms with van der Waals surface area (Å²) in [4.78, 5) is 46.3. The van der Waals surface area contributed by atoms with Crippen LogP contribution in [0.1, 0.15) is 27.6 Å². The van der Waals surface area contributed by atoms with Crippen LogP contribution in [-0.4, -0.2) is 43.8 Å². The number of esters is 1. The van der Waals surface area contributed by atoms with Crippen molar-refractivity contribution in [3.8, 4) is 5.75 Å². The molecule has 2 aromatic rings. The van der Waals surface area contributed by atoms with E-state index in [0.29, 0.717) is 29.6 Å². The molecule has 0 saturated heterocycles. The Morgan fingerprint density at radius 3 is 2.57 bits per heavy atom. The van der Waals surface area contributed by atoms with Crippen LogP contribution in [0.4, 0.5) is 5.69 Å². The third kappa shape index (κ3) is 6.24. The van der Waals surface area contributed by atoms with E-state index >= 15 is 0 Å². The Morgan fingerprint density at radius 2 is 1.82 bits per heavy atom. The summed E-state index contributed by atoms with van der Waals surface area (Å²) < 4.78 is 10.1. The Bertz CT molecular complexity index is 865. The molecule has 28 heavy (non-hydrogen) atoms. The molecular weight excluding hydrogens is 364 g/mol. The molecule has 0 radical (unpaired) electrons. The number of benzene rings is 2. The van der Waals surface area contributed by atoms with E-state index in [0.717, 1.165) is 0 Å². The first kappa shape index (κ1) is 20.6. The number of amides is 2. The molecule has 0 aliphatic rings. The second-order valence-corrected chi connectivity index (χ2v) is 5.59. The maximum absolute atomic E-state index is 11.9. The second-order valence-electron chi connectivity index (χ2n) is 5.59. The van der Waals surface area contributed by atoms with E-state index in [1.807, 2.05) is 0 Å². The van der Waals surface area contributed by atoms with Gasteiger partial charge in [-0.25, -0.2) is 4.79 Å². The van der Waals surface area contributed by atoms with Crippen LogP contribution >= 0.6 is 0 Å². The minimum absolute atomic E-state index is 0.251. The van der Waals surface area contributed by atoms with Crippen LogP contribution < -0.4 is 15.4 Å². The summed E-state index contributed by atoms with van der Waals surface area (Å²) in [5, 5.41) is 5.20. The van der Waals surface area contributed by atoms with Gasteiger partial charge in [0.2, 0.25) is 0 Å². The number of ether oxygens (including phenoxy) is 2. The molecule has 8 nitrogen and oxygen atoms in total. The lowest BCUT2D eigenvalue weighted by Crippen LogP contribution is -2.24. The zero-order valence-electron chi connectivity index (χ0n) is 15.3. The molecule has 2 rings (SSSR count). The van der Waals surface area contributed by atoms with Crippen molar-refractivity contribution < 1.29 is 28.7 Å². The zero-order valence-corrected chi connectivity index (χ0v) is 15.3. The molecule has 0 spiro atoms. The van der Waals surface area contributed by atoms with Crippen LogP contribution in [0.15, 0.2) is 48.5 Å². The molecule has 2 N–H and O–H groups in total. The fourth-order valence-corrected chi connectivity index (χ4v) is 2.23. The van der Waals surface area contributed by atoms with Crippen LogP contribution in [0.2, 0.25) is 0 Å². The van der Waals surface area contributed by atoms with Gasteiger partial charge in [-0.1, -0.05) is 18.2 Å². The molecule has 2 aromatic carbocycles. The summed E-state index contributed by atoms with van der Waals surface area (Å²) >= 11 is 0. The molecule has 0 atom stereocenters. The van der Waals surface area contributed by atoms with E-state index in [1.165, 1.54) is 6.07 Å². The third-order valence-electron chi connectivity index (χ3n) is 3.50. The second kappa shape index (κ2) is 10.5. The van der Waals surface area contributed by atoms with Crippen molar-refractivity contribution in [2.24, 2.45) is 0 Å². The van der Waals surface area contributed by atoms with Gasteiger partial charge in [-0.3, -0.25) is 14.4 Å². The van der Waals surface area contributed by atoms with Crippen LogP contribution in [0, 0.1) is 0 Å². The fourth-order valence-electron chi connectivity index (χ4n) is 2.23. The van der Waals surface area contributed by atoms with Gasteiger partial charge in [0.25, 0.3) is 11.8 Å². The van der Waals surface area contributed by atoms with Gasteiger partial charge in [0, 0.05) is 17.8 Å². The van der Waals surface area contributed by atoms with Gasteiger partial charge in [0.15, 0.2) is 19.5 Å². The molecule has 146 valence electrons. The number of hydrogen-bond acceptors (Lipinski definition) is 6. The highest BCUT2D eigenvalue weighted by molar-refractivity contribution is 5.97. The van der Waals surface area contributed by atoms with Gasteiger partial charge in [-0.2, -0.15) is 0 Å². The average Bonchev–Trinajstić information content (AvgIpc) is 2.71. The number of aldehydes is 1. The van der Waals surface area contributed by atoms with Crippen LogP contribution in [0.5, 0.6) is 5.75 Å². The van der Waals surface area contributed by atoms with E-state index in [4.69, 9.17) is 9.47 Å². The fraction of sp³-hybridized carbons (Fsp3) is 0.200. The molecule has 0 aliphatic carbocycles. The van der Waals surface area contributed by atoms with E-state index in [-0.39, 0.29) is 11.7 Å².